The predicted octanol–water partition coefficient (Wildman–Crippen LogP) is 2.92. The fourth-order valence-corrected chi connectivity index (χ4v) is 3.63. The fourth-order valence-electron chi connectivity index (χ4n) is 3.50. The van der Waals surface area contributed by atoms with Crippen molar-refractivity contribution in [3.05, 3.63) is 53.6 Å². The third kappa shape index (κ3) is 3.61. The molecule has 3 heterocycles. The second-order valence-corrected chi connectivity index (χ2v) is 7.41. The number of imidazole rings is 1. The Morgan fingerprint density at radius 1 is 1.25 bits per heavy atom. The number of aliphatic hydroxyl groups is 1. The van der Waals surface area contributed by atoms with Crippen molar-refractivity contribution < 1.29 is 19.5 Å². The van der Waals surface area contributed by atoms with Crippen molar-refractivity contribution in [2.24, 2.45) is 0 Å². The van der Waals surface area contributed by atoms with Gasteiger partial charge in [0.1, 0.15) is 0 Å². The van der Waals surface area contributed by atoms with E-state index in [0.29, 0.717) is 43.1 Å². The Morgan fingerprint density at radius 3 is 2.57 bits per heavy atom. The molecule has 0 bridgehead atoms. The van der Waals surface area contributed by atoms with Crippen molar-refractivity contribution in [1.29, 1.82) is 0 Å². The first kappa shape index (κ1) is 18.5. The molecule has 0 radical (unpaired) electrons. The maximum Gasteiger partial charge on any atom is 0.343 e. The van der Waals surface area contributed by atoms with Gasteiger partial charge in [-0.2, -0.15) is 0 Å². The summed E-state index contributed by atoms with van der Waals surface area (Å²) in [4.78, 5) is 17.7. The van der Waals surface area contributed by atoms with E-state index >= 15 is 0 Å². The standard InChI is InChI=1S/C19H19ClN4O4/c20-14-3-1-13(2-4-14)16-15(18(25)26)17(22-28-16)24-8-5-19(27,6-9-24)11-23-10-7-21-12-23/h1-4,7,10,12,27H,5-6,8-9,11H2,(H,25,26). The van der Waals surface area contributed by atoms with Crippen LogP contribution in [0.25, 0.3) is 11.3 Å². The molecule has 2 aromatic heterocycles. The highest BCUT2D eigenvalue weighted by atomic mass is 35.5. The Bertz CT molecular complexity index is 960. The summed E-state index contributed by atoms with van der Waals surface area (Å²) in [6.45, 7) is 1.39. The number of hydrogen-bond acceptors (Lipinski definition) is 6. The lowest BCUT2D eigenvalue weighted by atomic mass is 9.91. The number of halogens is 1. The molecule has 3 aromatic rings. The molecule has 9 heteroatoms. The summed E-state index contributed by atoms with van der Waals surface area (Å²) in [5, 5.41) is 25.2. The molecule has 4 rings (SSSR count). The molecule has 0 spiro atoms. The maximum atomic E-state index is 11.9. The van der Waals surface area contributed by atoms with Crippen molar-refractivity contribution >= 4 is 23.4 Å². The molecule has 1 fully saturated rings. The highest BCUT2D eigenvalue weighted by Crippen LogP contribution is 2.35. The van der Waals surface area contributed by atoms with Gasteiger partial charge in [0.2, 0.25) is 0 Å². The second kappa shape index (κ2) is 7.29. The van der Waals surface area contributed by atoms with Crippen LogP contribution in [0.2, 0.25) is 5.02 Å². The summed E-state index contributed by atoms with van der Waals surface area (Å²) in [7, 11) is 0. The number of hydrogen-bond donors (Lipinski definition) is 2. The van der Waals surface area contributed by atoms with Crippen LogP contribution in [-0.4, -0.2) is 49.6 Å². The van der Waals surface area contributed by atoms with Crippen LogP contribution in [0.1, 0.15) is 23.2 Å². The van der Waals surface area contributed by atoms with Gasteiger partial charge in [0.25, 0.3) is 0 Å². The maximum absolute atomic E-state index is 11.9. The van der Waals surface area contributed by atoms with Crippen LogP contribution >= 0.6 is 11.6 Å². The van der Waals surface area contributed by atoms with Gasteiger partial charge in [-0.15, -0.1) is 0 Å². The molecule has 1 aliphatic rings. The van der Waals surface area contributed by atoms with E-state index in [1.165, 1.54) is 0 Å². The van der Waals surface area contributed by atoms with Gasteiger partial charge >= 0.3 is 5.97 Å². The molecule has 0 aliphatic carbocycles. The molecule has 1 aliphatic heterocycles. The molecule has 2 N–H and O–H groups in total. The fraction of sp³-hybridized carbons (Fsp3) is 0.316. The van der Waals surface area contributed by atoms with E-state index in [4.69, 9.17) is 16.1 Å². The van der Waals surface area contributed by atoms with E-state index in [1.807, 2.05) is 15.7 Å². The van der Waals surface area contributed by atoms with Crippen LogP contribution in [0.4, 0.5) is 5.82 Å². The number of nitrogens with zero attached hydrogens (tertiary/aromatic N) is 4. The number of benzene rings is 1. The van der Waals surface area contributed by atoms with Crippen molar-refractivity contribution in [1.82, 2.24) is 14.7 Å². The predicted molar refractivity (Wildman–Crippen MR) is 103 cm³/mol. The molecule has 0 saturated carbocycles. The van der Waals surface area contributed by atoms with Gasteiger partial charge in [-0.05, 0) is 37.1 Å². The third-order valence-corrected chi connectivity index (χ3v) is 5.28. The Hall–Kier alpha value is -2.84. The first-order valence-corrected chi connectivity index (χ1v) is 9.25. The molecule has 8 nitrogen and oxygen atoms in total. The number of anilines is 1. The first-order valence-electron chi connectivity index (χ1n) is 8.87. The Morgan fingerprint density at radius 2 is 1.96 bits per heavy atom. The van der Waals surface area contributed by atoms with Crippen molar-refractivity contribution in [3.8, 4) is 11.3 Å². The summed E-state index contributed by atoms with van der Waals surface area (Å²) in [6.07, 6.45) is 6.11. The molecule has 0 amide bonds. The average Bonchev–Trinajstić information content (AvgIpc) is 3.32. The van der Waals surface area contributed by atoms with Crippen LogP contribution in [0.5, 0.6) is 0 Å². The number of carbonyl (C=O) groups is 1. The third-order valence-electron chi connectivity index (χ3n) is 5.02. The lowest BCUT2D eigenvalue weighted by Gasteiger charge is -2.38. The summed E-state index contributed by atoms with van der Waals surface area (Å²) in [5.74, 6) is -0.638. The van der Waals surface area contributed by atoms with Gasteiger partial charge in [0, 0.05) is 36.1 Å². The molecule has 1 aromatic carbocycles. The molecule has 28 heavy (non-hydrogen) atoms. The summed E-state index contributed by atoms with van der Waals surface area (Å²) in [6, 6.07) is 6.72. The van der Waals surface area contributed by atoms with E-state index in [9.17, 15) is 15.0 Å². The highest BCUT2D eigenvalue weighted by Gasteiger charge is 2.36. The topological polar surface area (TPSA) is 105 Å². The van der Waals surface area contributed by atoms with Crippen molar-refractivity contribution in [2.45, 2.75) is 25.0 Å². The zero-order chi connectivity index (χ0) is 19.7. The Labute approximate surface area is 166 Å². The molecular weight excluding hydrogens is 384 g/mol. The molecule has 146 valence electrons. The summed E-state index contributed by atoms with van der Waals surface area (Å²) < 4.78 is 7.22. The highest BCUT2D eigenvalue weighted by molar-refractivity contribution is 6.30. The average molecular weight is 403 g/mol. The monoisotopic (exact) mass is 402 g/mol. The SMILES string of the molecule is O=C(O)c1c(N2CCC(O)(Cn3ccnc3)CC2)noc1-c1ccc(Cl)cc1. The minimum Gasteiger partial charge on any atom is -0.477 e. The molecule has 0 atom stereocenters. The number of rotatable bonds is 5. The number of carboxylic acid groups (broad SMARTS) is 1. The quantitative estimate of drug-likeness (QED) is 0.676. The van der Waals surface area contributed by atoms with Gasteiger partial charge in [-0.3, -0.25) is 0 Å². The number of aromatic carboxylic acids is 1. The van der Waals surface area contributed by atoms with E-state index < -0.39 is 11.6 Å². The molecule has 1 saturated heterocycles. The summed E-state index contributed by atoms with van der Waals surface area (Å²) >= 11 is 5.91. The number of piperidine rings is 1. The van der Waals surface area contributed by atoms with Crippen molar-refractivity contribution in [2.75, 3.05) is 18.0 Å². The van der Waals surface area contributed by atoms with Crippen LogP contribution in [0.15, 0.2) is 47.5 Å². The zero-order valence-corrected chi connectivity index (χ0v) is 15.7. The molecular formula is C19H19ClN4O4. The van der Waals surface area contributed by atoms with Crippen molar-refractivity contribution in [3.63, 3.8) is 0 Å². The Kier molecular flexibility index (Phi) is 4.82. The van der Waals surface area contributed by atoms with Gasteiger partial charge in [-0.1, -0.05) is 16.8 Å². The van der Waals surface area contributed by atoms with Crippen LogP contribution < -0.4 is 4.90 Å². The second-order valence-electron chi connectivity index (χ2n) is 6.97. The smallest absolute Gasteiger partial charge is 0.343 e. The minimum absolute atomic E-state index is 0.0161. The number of carboxylic acids is 1. The van der Waals surface area contributed by atoms with Gasteiger partial charge in [0.05, 0.1) is 18.5 Å². The zero-order valence-electron chi connectivity index (χ0n) is 15.0. The van der Waals surface area contributed by atoms with Crippen LogP contribution in [0, 0.1) is 0 Å². The van der Waals surface area contributed by atoms with Crippen LogP contribution in [0.3, 0.4) is 0 Å². The van der Waals surface area contributed by atoms with E-state index in [2.05, 4.69) is 10.1 Å². The largest absolute Gasteiger partial charge is 0.477 e. The normalized spacial score (nSPS) is 16.3. The number of aromatic nitrogens is 3. The van der Waals surface area contributed by atoms with Crippen LogP contribution in [-0.2, 0) is 6.54 Å². The molecule has 0 unspecified atom stereocenters. The van der Waals surface area contributed by atoms with E-state index in [1.54, 1.807) is 36.8 Å². The van der Waals surface area contributed by atoms with E-state index in [0.717, 1.165) is 0 Å². The lowest BCUT2D eigenvalue weighted by Crippen LogP contribution is -2.47. The van der Waals surface area contributed by atoms with Gasteiger partial charge in [0.15, 0.2) is 17.1 Å². The summed E-state index contributed by atoms with van der Waals surface area (Å²) in [5.41, 5.74) is -0.264. The lowest BCUT2D eigenvalue weighted by molar-refractivity contribution is -0.000267. The van der Waals surface area contributed by atoms with E-state index in [-0.39, 0.29) is 17.1 Å². The van der Waals surface area contributed by atoms with Gasteiger partial charge < -0.3 is 24.2 Å². The minimum atomic E-state index is -1.11. The van der Waals surface area contributed by atoms with Gasteiger partial charge in [-0.25, -0.2) is 9.78 Å². The Balaban J connectivity index is 1.55. The first-order chi connectivity index (χ1) is 13.5.